The number of amides is 2. The first-order valence-corrected chi connectivity index (χ1v) is 6.37. The molecule has 1 saturated heterocycles. The van der Waals surface area contributed by atoms with Crippen LogP contribution in [-0.2, 0) is 19.7 Å². The molecule has 1 aromatic rings. The van der Waals surface area contributed by atoms with Gasteiger partial charge in [0.05, 0.1) is 10.8 Å². The van der Waals surface area contributed by atoms with E-state index in [1.165, 1.54) is 18.2 Å². The molecular formula is C11H9NO5S. The lowest BCUT2D eigenvalue weighted by Crippen LogP contribution is -2.22. The number of imide groups is 1. The van der Waals surface area contributed by atoms with E-state index in [9.17, 15) is 18.0 Å². The Balaban J connectivity index is 2.63. The van der Waals surface area contributed by atoms with Crippen molar-refractivity contribution in [3.05, 3.63) is 42.0 Å². The van der Waals surface area contributed by atoms with Crippen molar-refractivity contribution in [1.29, 1.82) is 0 Å². The maximum absolute atomic E-state index is 11.6. The number of carbonyl (C=O) groups is 2. The molecule has 0 aliphatic carbocycles. The second-order valence-electron chi connectivity index (χ2n) is 3.79. The summed E-state index contributed by atoms with van der Waals surface area (Å²) in [5.41, 5.74) is -0.00977. The Morgan fingerprint density at radius 3 is 2.33 bits per heavy atom. The van der Waals surface area contributed by atoms with E-state index in [2.05, 4.69) is 6.58 Å². The van der Waals surface area contributed by atoms with Gasteiger partial charge in [0.15, 0.2) is 0 Å². The summed E-state index contributed by atoms with van der Waals surface area (Å²) in [6.45, 7) is 3.46. The smallest absolute Gasteiger partial charge is 0.292 e. The first-order valence-electron chi connectivity index (χ1n) is 4.93. The van der Waals surface area contributed by atoms with Crippen LogP contribution in [0.5, 0.6) is 0 Å². The van der Waals surface area contributed by atoms with Crippen LogP contribution in [0.1, 0.15) is 11.5 Å². The fraction of sp³-hybridized carbons (Fsp3) is 0.0909. The highest BCUT2D eigenvalue weighted by molar-refractivity contribution is 7.85. The first-order chi connectivity index (χ1) is 8.32. The minimum atomic E-state index is -4.47. The SMILES string of the molecule is C=C1C(=O)NC(=O)C1c1ccccc1S(=O)(=O)O. The van der Waals surface area contributed by atoms with E-state index in [4.69, 9.17) is 4.55 Å². The molecule has 0 spiro atoms. The lowest BCUT2D eigenvalue weighted by Gasteiger charge is -2.11. The zero-order chi connectivity index (χ0) is 13.5. The predicted molar refractivity (Wildman–Crippen MR) is 61.3 cm³/mol. The van der Waals surface area contributed by atoms with Crippen molar-refractivity contribution in [2.45, 2.75) is 10.8 Å². The molecular weight excluding hydrogens is 258 g/mol. The van der Waals surface area contributed by atoms with Crippen molar-refractivity contribution in [2.75, 3.05) is 0 Å². The molecule has 1 atom stereocenters. The maximum Gasteiger partial charge on any atom is 0.294 e. The molecule has 1 aliphatic heterocycles. The molecule has 2 rings (SSSR count). The van der Waals surface area contributed by atoms with Gasteiger partial charge >= 0.3 is 0 Å². The summed E-state index contributed by atoms with van der Waals surface area (Å²) in [6.07, 6.45) is 0. The van der Waals surface area contributed by atoms with Crippen LogP contribution < -0.4 is 5.32 Å². The van der Waals surface area contributed by atoms with Crippen LogP contribution in [0.2, 0.25) is 0 Å². The highest BCUT2D eigenvalue weighted by Gasteiger charge is 2.38. The summed E-state index contributed by atoms with van der Waals surface area (Å²) in [7, 11) is -4.47. The number of carbonyl (C=O) groups excluding carboxylic acids is 2. The summed E-state index contributed by atoms with van der Waals surface area (Å²) in [5, 5.41) is 2.04. The normalized spacial score (nSPS) is 20.1. The summed E-state index contributed by atoms with van der Waals surface area (Å²) >= 11 is 0. The summed E-state index contributed by atoms with van der Waals surface area (Å²) < 4.78 is 31.5. The third kappa shape index (κ3) is 1.93. The quantitative estimate of drug-likeness (QED) is 0.454. The van der Waals surface area contributed by atoms with Gasteiger partial charge in [-0.05, 0) is 11.6 Å². The van der Waals surface area contributed by atoms with Crippen LogP contribution in [0.15, 0.2) is 41.3 Å². The van der Waals surface area contributed by atoms with Gasteiger partial charge in [-0.15, -0.1) is 0 Å². The second-order valence-corrected chi connectivity index (χ2v) is 5.18. The van der Waals surface area contributed by atoms with E-state index in [0.717, 1.165) is 6.07 Å². The fourth-order valence-corrected chi connectivity index (χ4v) is 2.57. The van der Waals surface area contributed by atoms with Gasteiger partial charge in [0.2, 0.25) is 5.91 Å². The number of benzene rings is 1. The van der Waals surface area contributed by atoms with Crippen molar-refractivity contribution in [3.8, 4) is 0 Å². The van der Waals surface area contributed by atoms with E-state index in [1.807, 2.05) is 5.32 Å². The highest BCUT2D eigenvalue weighted by Crippen LogP contribution is 2.32. The molecule has 6 nitrogen and oxygen atoms in total. The van der Waals surface area contributed by atoms with Crippen molar-refractivity contribution in [1.82, 2.24) is 5.32 Å². The molecule has 2 amide bonds. The predicted octanol–water partition coefficient (Wildman–Crippen LogP) is 0.229. The van der Waals surface area contributed by atoms with Gasteiger partial charge in [-0.3, -0.25) is 19.5 Å². The van der Waals surface area contributed by atoms with Gasteiger partial charge in [-0.1, -0.05) is 24.8 Å². The molecule has 0 radical (unpaired) electrons. The van der Waals surface area contributed by atoms with Gasteiger partial charge in [0, 0.05) is 5.57 Å². The third-order valence-corrected chi connectivity index (χ3v) is 3.57. The fourth-order valence-electron chi connectivity index (χ4n) is 1.84. The highest BCUT2D eigenvalue weighted by atomic mass is 32.2. The minimum Gasteiger partial charge on any atom is -0.292 e. The van der Waals surface area contributed by atoms with E-state index < -0.39 is 32.7 Å². The van der Waals surface area contributed by atoms with E-state index >= 15 is 0 Å². The van der Waals surface area contributed by atoms with Crippen LogP contribution >= 0.6 is 0 Å². The van der Waals surface area contributed by atoms with Crippen molar-refractivity contribution in [2.24, 2.45) is 0 Å². The zero-order valence-electron chi connectivity index (χ0n) is 9.08. The zero-order valence-corrected chi connectivity index (χ0v) is 9.90. The van der Waals surface area contributed by atoms with Gasteiger partial charge in [0.1, 0.15) is 0 Å². The van der Waals surface area contributed by atoms with Crippen LogP contribution in [0, 0.1) is 0 Å². The van der Waals surface area contributed by atoms with Gasteiger partial charge in [0.25, 0.3) is 16.0 Å². The van der Waals surface area contributed by atoms with Crippen LogP contribution in [0.4, 0.5) is 0 Å². The second kappa shape index (κ2) is 4.04. The molecule has 2 N–H and O–H groups in total. The monoisotopic (exact) mass is 267 g/mol. The number of hydrogen-bond donors (Lipinski definition) is 2. The standard InChI is InChI=1S/C11H9NO5S/c1-6-9(11(14)12-10(6)13)7-4-2-3-5-8(7)18(15,16)17/h2-5,9H,1H2,(H,12,13,14)(H,15,16,17). The lowest BCUT2D eigenvalue weighted by atomic mass is 9.94. The number of nitrogens with one attached hydrogen (secondary N) is 1. The maximum atomic E-state index is 11.6. The Morgan fingerprint density at radius 1 is 1.22 bits per heavy atom. The molecule has 0 bridgehead atoms. The van der Waals surface area contributed by atoms with Crippen LogP contribution in [0.3, 0.4) is 0 Å². The molecule has 18 heavy (non-hydrogen) atoms. The van der Waals surface area contributed by atoms with Gasteiger partial charge in [-0.2, -0.15) is 8.42 Å². The molecule has 1 unspecified atom stereocenters. The Kier molecular flexibility index (Phi) is 2.80. The molecule has 94 valence electrons. The summed E-state index contributed by atoms with van der Waals surface area (Å²) in [4.78, 5) is 22.5. The molecule has 1 aliphatic rings. The summed E-state index contributed by atoms with van der Waals surface area (Å²) in [6, 6.07) is 5.43. The summed E-state index contributed by atoms with van der Waals surface area (Å²) in [5.74, 6) is -2.38. The molecule has 0 aromatic heterocycles. The van der Waals surface area contributed by atoms with Crippen LogP contribution in [0.25, 0.3) is 0 Å². The average molecular weight is 267 g/mol. The van der Waals surface area contributed by atoms with E-state index in [1.54, 1.807) is 0 Å². The Bertz CT molecular complexity index is 662. The Labute approximate surface area is 103 Å². The lowest BCUT2D eigenvalue weighted by molar-refractivity contribution is -0.124. The molecule has 1 heterocycles. The van der Waals surface area contributed by atoms with Crippen molar-refractivity contribution in [3.63, 3.8) is 0 Å². The van der Waals surface area contributed by atoms with Crippen molar-refractivity contribution >= 4 is 21.9 Å². The molecule has 7 heteroatoms. The number of rotatable bonds is 2. The largest absolute Gasteiger partial charge is 0.294 e. The Morgan fingerprint density at radius 2 is 1.83 bits per heavy atom. The molecule has 1 aromatic carbocycles. The van der Waals surface area contributed by atoms with Gasteiger partial charge < -0.3 is 0 Å². The van der Waals surface area contributed by atoms with Crippen molar-refractivity contribution < 1.29 is 22.6 Å². The number of hydrogen-bond acceptors (Lipinski definition) is 4. The Hall–Kier alpha value is -1.99. The van der Waals surface area contributed by atoms with Crippen LogP contribution in [-0.4, -0.2) is 24.8 Å². The first kappa shape index (κ1) is 12.5. The van der Waals surface area contributed by atoms with E-state index in [0.29, 0.717) is 0 Å². The van der Waals surface area contributed by atoms with Gasteiger partial charge in [-0.25, -0.2) is 0 Å². The molecule has 1 fully saturated rings. The third-order valence-electron chi connectivity index (χ3n) is 2.65. The average Bonchev–Trinajstić information content (AvgIpc) is 2.52. The molecule has 0 saturated carbocycles. The topological polar surface area (TPSA) is 101 Å². The minimum absolute atomic E-state index is 0.0355. The van der Waals surface area contributed by atoms with E-state index in [-0.39, 0.29) is 11.1 Å².